The van der Waals surface area contributed by atoms with Gasteiger partial charge in [-0.2, -0.15) is 10.0 Å². The fourth-order valence-corrected chi connectivity index (χ4v) is 11.7. The first-order chi connectivity index (χ1) is 36.1. The van der Waals surface area contributed by atoms with Gasteiger partial charge in [-0.05, 0) is 106 Å². The summed E-state index contributed by atoms with van der Waals surface area (Å²) in [5.41, 5.74) is 14.6. The van der Waals surface area contributed by atoms with Crippen LogP contribution in [-0.4, -0.2) is 27.8 Å². The number of hydrogen-bond donors (Lipinski definition) is 2. The van der Waals surface area contributed by atoms with Crippen LogP contribution in [0, 0.1) is 0 Å². The van der Waals surface area contributed by atoms with Gasteiger partial charge in [0.25, 0.3) is 0 Å². The van der Waals surface area contributed by atoms with Gasteiger partial charge >= 0.3 is 0 Å². The van der Waals surface area contributed by atoms with Crippen LogP contribution in [0.2, 0.25) is 0 Å². The number of hydrogen-bond acceptors (Lipinski definition) is 6. The van der Waals surface area contributed by atoms with Crippen LogP contribution in [0.4, 0.5) is 0 Å². The molecule has 2 saturated heterocycles. The molecular weight excluding hydrogens is 889 g/mol. The maximum atomic E-state index is 5.42. The van der Waals surface area contributed by atoms with Crippen molar-refractivity contribution in [2.45, 2.75) is 30.8 Å². The Bertz CT molecular complexity index is 3800. The molecule has 2 N–H and O–H groups in total. The van der Waals surface area contributed by atoms with Crippen molar-refractivity contribution in [3.8, 4) is 33.4 Å². The van der Waals surface area contributed by atoms with Gasteiger partial charge in [-0.1, -0.05) is 243 Å². The van der Waals surface area contributed by atoms with E-state index in [-0.39, 0.29) is 30.8 Å². The number of hydrazine groups is 1. The molecule has 6 heteroatoms. The molecule has 6 unspecified atom stereocenters. The highest BCUT2D eigenvalue weighted by Crippen LogP contribution is 2.57. The van der Waals surface area contributed by atoms with E-state index in [1.807, 2.05) is 0 Å². The van der Waals surface area contributed by atoms with Gasteiger partial charge in [-0.3, -0.25) is 10.6 Å². The van der Waals surface area contributed by atoms with E-state index in [2.05, 4.69) is 287 Å². The monoisotopic (exact) mass is 940 g/mol. The summed E-state index contributed by atoms with van der Waals surface area (Å²) >= 11 is 0. The summed E-state index contributed by atoms with van der Waals surface area (Å²) in [6.07, 6.45) is 0.141. The molecule has 0 bridgehead atoms. The Morgan fingerprint density at radius 3 is 1.30 bits per heavy atom. The van der Waals surface area contributed by atoms with Crippen molar-refractivity contribution in [3.63, 3.8) is 0 Å². The lowest BCUT2D eigenvalue weighted by Gasteiger charge is -2.39. The average Bonchev–Trinajstić information content (AvgIpc) is 4.09. The van der Waals surface area contributed by atoms with Crippen molar-refractivity contribution < 1.29 is 0 Å². The SMILES string of the molecule is CN1C(c2cccc3ccccc23)=NC(c2ccc(-c3ccc4c(-c5cccc6cc(-c7ccc(C8N9C(c%10ccccc%10)NC(c%10ccccc%10)N89)cc7)ccc56)cccc4c3)cc2)NC1c1ccccc1. The average molecular weight is 941 g/mol. The van der Waals surface area contributed by atoms with Crippen molar-refractivity contribution in [2.75, 3.05) is 7.05 Å². The molecule has 350 valence electrons. The summed E-state index contributed by atoms with van der Waals surface area (Å²) in [7, 11) is 2.14. The van der Waals surface area contributed by atoms with Crippen molar-refractivity contribution >= 4 is 38.2 Å². The highest BCUT2D eigenvalue weighted by atomic mass is 15.9. The molecular formula is C67H52N6. The van der Waals surface area contributed by atoms with Crippen LogP contribution in [-0.2, 0) is 0 Å². The first-order valence-corrected chi connectivity index (χ1v) is 25.4. The molecule has 0 saturated carbocycles. The van der Waals surface area contributed by atoms with Crippen LogP contribution in [0.25, 0.3) is 65.7 Å². The topological polar surface area (TPSA) is 45.7 Å². The Kier molecular flexibility index (Phi) is 10.7. The molecule has 11 aromatic rings. The quantitative estimate of drug-likeness (QED) is 0.141. The van der Waals surface area contributed by atoms with Crippen LogP contribution < -0.4 is 10.6 Å². The summed E-state index contributed by atoms with van der Waals surface area (Å²) in [6.45, 7) is 0. The van der Waals surface area contributed by atoms with Gasteiger partial charge in [-0.15, -0.1) is 0 Å². The Morgan fingerprint density at radius 1 is 0.329 bits per heavy atom. The molecule has 2 fully saturated rings. The molecule has 3 aliphatic heterocycles. The van der Waals surface area contributed by atoms with E-state index in [1.54, 1.807) is 0 Å². The van der Waals surface area contributed by atoms with Gasteiger partial charge in [0.15, 0.2) is 0 Å². The maximum Gasteiger partial charge on any atom is 0.134 e. The number of aliphatic imine (C=N–C) groups is 1. The summed E-state index contributed by atoms with van der Waals surface area (Å²) in [5.74, 6) is 0.974. The van der Waals surface area contributed by atoms with Crippen molar-refractivity contribution in [2.24, 2.45) is 4.99 Å². The summed E-state index contributed by atoms with van der Waals surface area (Å²) < 4.78 is 0. The molecule has 11 aromatic carbocycles. The minimum absolute atomic E-state index is 0.0560. The summed E-state index contributed by atoms with van der Waals surface area (Å²) in [6, 6.07) is 92.7. The molecule has 3 heterocycles. The Balaban J connectivity index is 0.728. The zero-order valence-corrected chi connectivity index (χ0v) is 40.4. The van der Waals surface area contributed by atoms with Gasteiger partial charge in [0.2, 0.25) is 0 Å². The minimum atomic E-state index is -0.231. The van der Waals surface area contributed by atoms with Gasteiger partial charge in [-0.25, -0.2) is 4.99 Å². The summed E-state index contributed by atoms with van der Waals surface area (Å²) in [4.78, 5) is 7.69. The van der Waals surface area contributed by atoms with Crippen LogP contribution >= 0.6 is 0 Å². The minimum Gasteiger partial charge on any atom is -0.340 e. The lowest BCUT2D eigenvalue weighted by atomic mass is 9.91. The molecule has 0 aromatic heterocycles. The van der Waals surface area contributed by atoms with Crippen molar-refractivity contribution in [1.29, 1.82) is 0 Å². The van der Waals surface area contributed by atoms with E-state index < -0.39 is 0 Å². The van der Waals surface area contributed by atoms with Gasteiger partial charge in [0.1, 0.15) is 36.7 Å². The van der Waals surface area contributed by atoms with E-state index in [0.29, 0.717) is 0 Å². The number of fused-ring (bicyclic) bond motifs is 4. The summed E-state index contributed by atoms with van der Waals surface area (Å²) in [5, 5.41) is 20.1. The molecule has 73 heavy (non-hydrogen) atoms. The number of rotatable bonds is 9. The van der Waals surface area contributed by atoms with Crippen LogP contribution in [0.3, 0.4) is 0 Å². The van der Waals surface area contributed by atoms with Crippen LogP contribution in [0.1, 0.15) is 64.2 Å². The fraction of sp³-hybridized carbons (Fsp3) is 0.0896. The largest absolute Gasteiger partial charge is 0.340 e. The van der Waals surface area contributed by atoms with Crippen LogP contribution in [0.15, 0.2) is 260 Å². The lowest BCUT2D eigenvalue weighted by molar-refractivity contribution is 0.257. The van der Waals surface area contributed by atoms with E-state index in [4.69, 9.17) is 4.99 Å². The third-order valence-corrected chi connectivity index (χ3v) is 15.4. The highest BCUT2D eigenvalue weighted by Gasteiger charge is 2.60. The van der Waals surface area contributed by atoms with Crippen molar-refractivity contribution in [1.82, 2.24) is 25.6 Å². The van der Waals surface area contributed by atoms with E-state index in [1.165, 1.54) is 88.0 Å². The van der Waals surface area contributed by atoms with E-state index >= 15 is 0 Å². The zero-order valence-electron chi connectivity index (χ0n) is 40.4. The van der Waals surface area contributed by atoms with E-state index in [9.17, 15) is 0 Å². The first-order valence-electron chi connectivity index (χ1n) is 25.4. The lowest BCUT2D eigenvalue weighted by Crippen LogP contribution is -2.46. The second kappa shape index (κ2) is 18.0. The van der Waals surface area contributed by atoms with Gasteiger partial charge in [0.05, 0.1) is 0 Å². The smallest absolute Gasteiger partial charge is 0.134 e. The van der Waals surface area contributed by atoms with Gasteiger partial charge in [0, 0.05) is 12.6 Å². The first kappa shape index (κ1) is 43.3. The molecule has 0 amide bonds. The predicted octanol–water partition coefficient (Wildman–Crippen LogP) is 15.4. The normalized spacial score (nSPS) is 21.3. The Hall–Kier alpha value is -8.49. The van der Waals surface area contributed by atoms with Crippen molar-refractivity contribution in [3.05, 3.63) is 288 Å². The molecule has 6 nitrogen and oxygen atoms in total. The molecule has 0 aliphatic carbocycles. The third kappa shape index (κ3) is 7.71. The second-order valence-electron chi connectivity index (χ2n) is 19.6. The second-order valence-corrected chi connectivity index (χ2v) is 19.6. The Labute approximate surface area is 426 Å². The highest BCUT2D eigenvalue weighted by molar-refractivity contribution is 6.10. The maximum absolute atomic E-state index is 5.42. The predicted molar refractivity (Wildman–Crippen MR) is 299 cm³/mol. The third-order valence-electron chi connectivity index (χ3n) is 15.4. The van der Waals surface area contributed by atoms with E-state index in [0.717, 1.165) is 17.0 Å². The van der Waals surface area contributed by atoms with Crippen LogP contribution in [0.5, 0.6) is 0 Å². The fourth-order valence-electron chi connectivity index (χ4n) is 11.7. The standard InChI is InChI=1S/C67H52N6/c1-71-63(48-17-5-2-6-18-48)68-62(69-66(71)61-29-13-23-46-16-11-12-26-56(46)61)47-34-30-44(31-35-47)52-38-40-57-54(42-52)24-14-27-59(57)60-28-15-25-55-43-53(39-41-58(55)60)45-32-36-51(37-33-45)67-72-64(49-19-7-3-8-20-49)70-65(73(67)72)50-21-9-4-10-22-50/h2-43,62-65,67-68,70H,1H3. The molecule has 3 aliphatic rings. The molecule has 0 radical (unpaired) electrons. The molecule has 0 spiro atoms. The molecule has 14 rings (SSSR count). The number of nitrogens with zero attached hydrogens (tertiary/aromatic N) is 4. The number of benzene rings is 11. The van der Waals surface area contributed by atoms with Gasteiger partial charge < -0.3 is 4.90 Å². The zero-order chi connectivity index (χ0) is 48.4. The molecule has 6 atom stereocenters. The number of amidine groups is 1. The number of nitrogens with one attached hydrogen (secondary N) is 2. The Morgan fingerprint density at radius 2 is 0.753 bits per heavy atom.